The van der Waals surface area contributed by atoms with E-state index < -0.39 is 13.7 Å². The molecule has 2 atom stereocenters. The molecule has 0 saturated carbocycles. The number of unbranched alkanes of at least 4 members (excludes halogenated alkanes) is 27. The average molecular weight is 958 g/mol. The minimum atomic E-state index is -2.06. The molecule has 9 nitrogen and oxygen atoms in total. The van der Waals surface area contributed by atoms with Crippen LogP contribution in [0, 0.1) is 11.3 Å². The Morgan fingerprint density at radius 2 is 1.03 bits per heavy atom. The van der Waals surface area contributed by atoms with Gasteiger partial charge in [0.25, 0.3) is 0 Å². The maximum absolute atomic E-state index is 13.3. The lowest BCUT2D eigenvalue weighted by Gasteiger charge is -2.41. The fourth-order valence-electron chi connectivity index (χ4n) is 8.38. The van der Waals surface area contributed by atoms with Gasteiger partial charge in [-0.3, -0.25) is 9.59 Å². The number of methoxy groups -OCH3 is 1. The van der Waals surface area contributed by atoms with E-state index in [0.717, 1.165) is 55.1 Å². The van der Waals surface area contributed by atoms with E-state index >= 15 is 0 Å². The molecule has 0 spiro atoms. The number of nitrogens with zero attached hydrogens (tertiary/aromatic N) is 4. The van der Waals surface area contributed by atoms with Crippen LogP contribution in [-0.2, 0) is 23.5 Å². The second kappa shape index (κ2) is 35.8. The zero-order chi connectivity index (χ0) is 48.4. The summed E-state index contributed by atoms with van der Waals surface area (Å²) in [5.41, 5.74) is 0.601. The van der Waals surface area contributed by atoms with Gasteiger partial charge in [0.2, 0.25) is 5.16 Å². The molecule has 0 N–H and O–H groups in total. The van der Waals surface area contributed by atoms with Crippen molar-refractivity contribution in [3.8, 4) is 5.69 Å². The zero-order valence-corrected chi connectivity index (χ0v) is 45.9. The Morgan fingerprint density at radius 1 is 0.606 bits per heavy atom. The summed E-state index contributed by atoms with van der Waals surface area (Å²) in [6.45, 7) is 17.8. The van der Waals surface area contributed by atoms with Crippen molar-refractivity contribution in [3.05, 3.63) is 30.3 Å². The van der Waals surface area contributed by atoms with Crippen molar-refractivity contribution < 1.29 is 23.5 Å². The third-order valence-corrected chi connectivity index (χ3v) is 19.3. The SMILES string of the molecule is COC(=O)C(CCCCCCCCCCCCCCCCCCCCCCCCOC(=O)C(C)(C)C)[C@@H](CCCCCCCCCSc1nnnn1-c1ccccc1)O[Si](C)(C)C(C)(C)C. The van der Waals surface area contributed by atoms with Gasteiger partial charge in [0.15, 0.2) is 8.32 Å². The van der Waals surface area contributed by atoms with Gasteiger partial charge in [-0.05, 0) is 87.1 Å². The highest BCUT2D eigenvalue weighted by molar-refractivity contribution is 7.99. The Hall–Kier alpha value is -2.24. The average Bonchev–Trinajstić information content (AvgIpc) is 3.75. The topological polar surface area (TPSA) is 105 Å². The van der Waals surface area contributed by atoms with Crippen molar-refractivity contribution in [2.24, 2.45) is 11.3 Å². The van der Waals surface area contributed by atoms with Crippen LogP contribution in [0.2, 0.25) is 18.1 Å². The van der Waals surface area contributed by atoms with E-state index in [9.17, 15) is 9.59 Å². The van der Waals surface area contributed by atoms with Crippen LogP contribution < -0.4 is 0 Å². The molecule has 0 fully saturated rings. The van der Waals surface area contributed by atoms with Crippen LogP contribution in [0.15, 0.2) is 35.5 Å². The number of benzene rings is 1. The fraction of sp³-hybridized carbons (Fsp3) is 0.836. The summed E-state index contributed by atoms with van der Waals surface area (Å²) in [4.78, 5) is 25.1. The summed E-state index contributed by atoms with van der Waals surface area (Å²) in [5, 5.41) is 13.2. The first-order chi connectivity index (χ1) is 31.7. The molecule has 2 aromatic rings. The van der Waals surface area contributed by atoms with Gasteiger partial charge in [0.05, 0.1) is 36.8 Å². The number of thioether (sulfide) groups is 1. The standard InChI is InChI=1S/C55H100N4O5SSi/c1-54(2,3)52(61)63-46-40-33-29-25-23-21-19-17-15-13-11-10-12-14-16-18-20-22-24-27-31-38-44-49(51(60)62-7)50(64-66(8,9)55(4,5)6)45-39-32-28-26-30-34-41-47-65-53-56-57-58-59(53)48-42-36-35-37-43-48/h35-37,42-43,49-50H,10-34,38-41,44-47H2,1-9H3/t49?,50-/m1/s1. The molecule has 1 heterocycles. The molecule has 1 aromatic heterocycles. The lowest BCUT2D eigenvalue weighted by Crippen LogP contribution is -2.47. The molecule has 0 aliphatic carbocycles. The van der Waals surface area contributed by atoms with Gasteiger partial charge in [-0.15, -0.1) is 5.10 Å². The molecule has 0 aliphatic heterocycles. The van der Waals surface area contributed by atoms with Gasteiger partial charge >= 0.3 is 11.9 Å². The summed E-state index contributed by atoms with van der Waals surface area (Å²) in [6, 6.07) is 10.1. The Labute approximate surface area is 410 Å². The quantitative estimate of drug-likeness (QED) is 0.0279. The van der Waals surface area contributed by atoms with E-state index in [1.807, 2.05) is 55.8 Å². The summed E-state index contributed by atoms with van der Waals surface area (Å²) in [7, 11) is -0.512. The van der Waals surface area contributed by atoms with E-state index in [1.165, 1.54) is 161 Å². The number of carbonyl (C=O) groups excluding carboxylic acids is 2. The van der Waals surface area contributed by atoms with Crippen LogP contribution in [-0.4, -0.2) is 66.0 Å². The van der Waals surface area contributed by atoms with Crippen molar-refractivity contribution in [3.63, 3.8) is 0 Å². The summed E-state index contributed by atoms with van der Waals surface area (Å²) < 4.78 is 19.7. The van der Waals surface area contributed by atoms with Gasteiger partial charge in [0, 0.05) is 5.75 Å². The number of tetrazole rings is 1. The zero-order valence-electron chi connectivity index (χ0n) is 44.1. The Bertz CT molecular complexity index is 1490. The number of ether oxygens (including phenoxy) is 2. The fourth-order valence-corrected chi connectivity index (χ4v) is 10.7. The van der Waals surface area contributed by atoms with Crippen molar-refractivity contribution in [1.82, 2.24) is 20.2 Å². The van der Waals surface area contributed by atoms with Crippen LogP contribution in [0.4, 0.5) is 0 Å². The second-order valence-corrected chi connectivity index (χ2v) is 27.6. The number of carbonyl (C=O) groups is 2. The van der Waals surface area contributed by atoms with E-state index in [2.05, 4.69) is 49.4 Å². The summed E-state index contributed by atoms with van der Waals surface area (Å²) in [5.74, 6) is 0.667. The lowest BCUT2D eigenvalue weighted by atomic mass is 9.91. The highest BCUT2D eigenvalue weighted by Crippen LogP contribution is 2.39. The van der Waals surface area contributed by atoms with Crippen molar-refractivity contribution in [2.75, 3.05) is 19.5 Å². The molecule has 0 bridgehead atoms. The number of rotatable bonds is 41. The first-order valence-corrected chi connectivity index (χ1v) is 31.0. The lowest BCUT2D eigenvalue weighted by molar-refractivity contribution is -0.153. The molecule has 1 unspecified atom stereocenters. The normalized spacial score (nSPS) is 13.2. The third kappa shape index (κ3) is 27.7. The maximum Gasteiger partial charge on any atom is 0.311 e. The highest BCUT2D eigenvalue weighted by Gasteiger charge is 2.42. The smallest absolute Gasteiger partial charge is 0.311 e. The molecule has 0 saturated heterocycles. The third-order valence-electron chi connectivity index (χ3n) is 13.8. The minimum Gasteiger partial charge on any atom is -0.469 e. The first-order valence-electron chi connectivity index (χ1n) is 27.1. The summed E-state index contributed by atoms with van der Waals surface area (Å²) in [6.07, 6.45) is 39.0. The second-order valence-electron chi connectivity index (χ2n) is 21.8. The van der Waals surface area contributed by atoms with Crippen LogP contribution >= 0.6 is 11.8 Å². The van der Waals surface area contributed by atoms with Crippen LogP contribution in [0.5, 0.6) is 0 Å². The molecule has 1 aromatic carbocycles. The van der Waals surface area contributed by atoms with Crippen molar-refractivity contribution in [1.29, 1.82) is 0 Å². The van der Waals surface area contributed by atoms with Crippen molar-refractivity contribution >= 4 is 32.0 Å². The number of aromatic nitrogens is 4. The number of para-hydroxylation sites is 1. The van der Waals surface area contributed by atoms with Gasteiger partial charge in [-0.2, -0.15) is 4.68 Å². The maximum atomic E-state index is 13.3. The summed E-state index contributed by atoms with van der Waals surface area (Å²) >= 11 is 1.73. The number of esters is 2. The number of hydrogen-bond donors (Lipinski definition) is 0. The van der Waals surface area contributed by atoms with Gasteiger partial charge in [-0.25, -0.2) is 0 Å². The van der Waals surface area contributed by atoms with E-state index in [1.54, 1.807) is 18.9 Å². The monoisotopic (exact) mass is 957 g/mol. The van der Waals surface area contributed by atoms with Gasteiger partial charge in [0.1, 0.15) is 0 Å². The molecule has 0 radical (unpaired) electrons. The van der Waals surface area contributed by atoms with Crippen LogP contribution in [0.3, 0.4) is 0 Å². The highest BCUT2D eigenvalue weighted by atomic mass is 32.2. The Balaban J connectivity index is 1.50. The largest absolute Gasteiger partial charge is 0.469 e. The molecule has 66 heavy (non-hydrogen) atoms. The molecule has 2 rings (SSSR count). The van der Waals surface area contributed by atoms with Crippen molar-refractivity contribution in [2.45, 2.75) is 270 Å². The van der Waals surface area contributed by atoms with Gasteiger partial charge in [-0.1, -0.05) is 224 Å². The van der Waals surface area contributed by atoms with Crippen LogP contribution in [0.1, 0.15) is 241 Å². The molecule has 0 amide bonds. The van der Waals surface area contributed by atoms with Gasteiger partial charge < -0.3 is 13.9 Å². The molecule has 11 heteroatoms. The van der Waals surface area contributed by atoms with E-state index in [-0.39, 0.29) is 29.0 Å². The Morgan fingerprint density at radius 3 is 1.47 bits per heavy atom. The minimum absolute atomic E-state index is 0.0646. The predicted octanol–water partition coefficient (Wildman–Crippen LogP) is 16.6. The Kier molecular flexibility index (Phi) is 32.5. The van der Waals surface area contributed by atoms with Crippen LogP contribution in [0.25, 0.3) is 5.69 Å². The predicted molar refractivity (Wildman–Crippen MR) is 281 cm³/mol. The number of hydrogen-bond acceptors (Lipinski definition) is 9. The first kappa shape index (κ1) is 59.9. The van der Waals surface area contributed by atoms with E-state index in [0.29, 0.717) is 6.61 Å². The molecular formula is C55H100N4O5SSi. The molecular weight excluding hydrogens is 857 g/mol. The molecule has 380 valence electrons. The van der Waals surface area contributed by atoms with E-state index in [4.69, 9.17) is 13.9 Å². The molecule has 0 aliphatic rings.